The predicted molar refractivity (Wildman–Crippen MR) is 130 cm³/mol. The number of nitrogens with two attached hydrogens (primary N) is 1. The second-order valence-corrected chi connectivity index (χ2v) is 10.1. The number of imidazole rings is 1. The molecule has 2 aromatic rings. The van der Waals surface area contributed by atoms with Crippen LogP contribution in [0.1, 0.15) is 68.5 Å². The van der Waals surface area contributed by atoms with Crippen LogP contribution in [0.15, 0.2) is 12.1 Å². The molecule has 1 saturated heterocycles. The molecule has 1 aliphatic heterocycles. The number of carbonyl (C=O) groups is 3. The number of aromatic nitrogens is 2. The number of likely N-dealkylation sites (N-methyl/N-ethyl adjacent to an activating group) is 1. The molecule has 3 aliphatic rings. The van der Waals surface area contributed by atoms with E-state index in [-0.39, 0.29) is 23.9 Å². The van der Waals surface area contributed by atoms with Crippen LogP contribution < -0.4 is 16.4 Å². The van der Waals surface area contributed by atoms with E-state index in [2.05, 4.69) is 15.6 Å². The summed E-state index contributed by atoms with van der Waals surface area (Å²) in [6, 6.07) is 3.84. The maximum absolute atomic E-state index is 13.2. The van der Waals surface area contributed by atoms with Crippen LogP contribution in [-0.2, 0) is 22.4 Å². The fraction of sp³-hybridized carbons (Fsp3) is 0.600. The molecule has 5 rings (SSSR count). The van der Waals surface area contributed by atoms with Crippen molar-refractivity contribution in [2.24, 2.45) is 11.7 Å². The highest BCUT2D eigenvalue weighted by Crippen LogP contribution is 2.40. The highest BCUT2D eigenvalue weighted by atomic mass is 16.6. The Hall–Kier alpha value is -3.30. The van der Waals surface area contributed by atoms with Crippen molar-refractivity contribution in [1.29, 1.82) is 0 Å². The molecule has 10 nitrogen and oxygen atoms in total. The van der Waals surface area contributed by atoms with Gasteiger partial charge in [0, 0.05) is 38.4 Å². The highest BCUT2D eigenvalue weighted by molar-refractivity contribution is 5.94. The topological polar surface area (TPSA) is 142 Å². The maximum atomic E-state index is 13.2. The van der Waals surface area contributed by atoms with Gasteiger partial charge in [-0.05, 0) is 42.5 Å². The van der Waals surface area contributed by atoms with Gasteiger partial charge in [-0.15, -0.1) is 0 Å². The molecule has 1 unspecified atom stereocenters. The minimum Gasteiger partial charge on any atom is -0.438 e. The molecule has 188 valence electrons. The number of urea groups is 1. The van der Waals surface area contributed by atoms with Crippen LogP contribution in [0.4, 0.5) is 9.59 Å². The molecule has 10 heteroatoms. The van der Waals surface area contributed by atoms with Gasteiger partial charge in [0.1, 0.15) is 11.4 Å². The van der Waals surface area contributed by atoms with E-state index in [4.69, 9.17) is 15.5 Å². The molecule has 35 heavy (non-hydrogen) atoms. The molecule has 2 heterocycles. The van der Waals surface area contributed by atoms with Crippen LogP contribution >= 0.6 is 0 Å². The number of benzene rings is 1. The van der Waals surface area contributed by atoms with Gasteiger partial charge in [0.05, 0.1) is 11.0 Å². The minimum atomic E-state index is -0.966. The monoisotopic (exact) mass is 482 g/mol. The molecule has 0 spiro atoms. The second kappa shape index (κ2) is 9.05. The van der Waals surface area contributed by atoms with Crippen LogP contribution in [-0.4, -0.2) is 58.1 Å². The molecule has 3 atom stereocenters. The van der Waals surface area contributed by atoms with Crippen molar-refractivity contribution in [1.82, 2.24) is 25.5 Å². The van der Waals surface area contributed by atoms with E-state index in [9.17, 15) is 14.4 Å². The zero-order valence-corrected chi connectivity index (χ0v) is 20.4. The average molecular weight is 483 g/mol. The lowest BCUT2D eigenvalue weighted by Gasteiger charge is -2.36. The highest BCUT2D eigenvalue weighted by Gasteiger charge is 2.52. The number of primary amides is 1. The Morgan fingerprint density at radius 3 is 2.60 bits per heavy atom. The summed E-state index contributed by atoms with van der Waals surface area (Å²) in [5.74, 6) is 0.631. The largest absolute Gasteiger partial charge is 0.438 e. The van der Waals surface area contributed by atoms with Crippen LogP contribution in [0.25, 0.3) is 11.0 Å². The number of hydrogen-bond acceptors (Lipinski definition) is 5. The number of hydrogen-bond donors (Lipinski definition) is 4. The van der Waals surface area contributed by atoms with Gasteiger partial charge in [0.2, 0.25) is 5.91 Å². The normalized spacial score (nSPS) is 22.6. The summed E-state index contributed by atoms with van der Waals surface area (Å²) < 4.78 is 5.53. The Morgan fingerprint density at radius 1 is 1.26 bits per heavy atom. The maximum Gasteiger partial charge on any atom is 0.405 e. The zero-order chi connectivity index (χ0) is 24.7. The van der Waals surface area contributed by atoms with Crippen molar-refractivity contribution in [2.75, 3.05) is 13.6 Å². The molecule has 1 aromatic heterocycles. The summed E-state index contributed by atoms with van der Waals surface area (Å²) >= 11 is 0. The van der Waals surface area contributed by atoms with Gasteiger partial charge in [-0.3, -0.25) is 4.79 Å². The number of H-pyrrole nitrogens is 1. The van der Waals surface area contributed by atoms with Crippen LogP contribution in [0.2, 0.25) is 0 Å². The quantitative estimate of drug-likeness (QED) is 0.501. The first-order chi connectivity index (χ1) is 16.8. The molecule has 0 bridgehead atoms. The number of fused-ring (bicyclic) bond motifs is 2. The number of nitrogens with zero attached hydrogens (tertiary/aromatic N) is 2. The third kappa shape index (κ3) is 4.08. The number of rotatable bonds is 6. The fourth-order valence-electron chi connectivity index (χ4n) is 6.17. The molecule has 4 amide bonds. The fourth-order valence-corrected chi connectivity index (χ4v) is 6.17. The Morgan fingerprint density at radius 2 is 1.97 bits per heavy atom. The lowest BCUT2D eigenvalue weighted by atomic mass is 9.85. The molecule has 5 N–H and O–H groups in total. The molecule has 2 fully saturated rings. The van der Waals surface area contributed by atoms with Gasteiger partial charge in [0.15, 0.2) is 6.10 Å². The van der Waals surface area contributed by atoms with E-state index < -0.39 is 17.7 Å². The van der Waals surface area contributed by atoms with E-state index in [0.717, 1.165) is 54.3 Å². The van der Waals surface area contributed by atoms with Gasteiger partial charge in [-0.1, -0.05) is 26.2 Å². The smallest absolute Gasteiger partial charge is 0.405 e. The number of ether oxygens (including phenoxy) is 1. The van der Waals surface area contributed by atoms with Gasteiger partial charge in [-0.2, -0.15) is 0 Å². The van der Waals surface area contributed by atoms with E-state index >= 15 is 0 Å². The molecular weight excluding hydrogens is 448 g/mol. The van der Waals surface area contributed by atoms with E-state index in [1.807, 2.05) is 19.1 Å². The number of aromatic amines is 1. The van der Waals surface area contributed by atoms with Gasteiger partial charge in [0.25, 0.3) is 0 Å². The molecule has 1 saturated carbocycles. The standard InChI is InChI=1S/C25H34N6O4/c1-3-17-13-31(24(34)28-17)25(22(32)27-2)11-15-9-18-19(10-16(15)12-25)30-21(29-18)20(35-23(26)33)14-7-5-4-6-8-14/h9-10,14,17,20H,3-8,11-13H2,1-2H3,(H2,26,33)(H,27,32)(H,28,34)(H,29,30)/t17-,20+/m1/s1. The van der Waals surface area contributed by atoms with Crippen molar-refractivity contribution in [3.8, 4) is 0 Å². The van der Waals surface area contributed by atoms with Crippen molar-refractivity contribution >= 4 is 29.1 Å². The summed E-state index contributed by atoms with van der Waals surface area (Å²) in [4.78, 5) is 47.5. The number of carbonyl (C=O) groups excluding carboxylic acids is 3. The van der Waals surface area contributed by atoms with Crippen molar-refractivity contribution in [3.05, 3.63) is 29.1 Å². The summed E-state index contributed by atoms with van der Waals surface area (Å²) in [6.45, 7) is 2.53. The second-order valence-electron chi connectivity index (χ2n) is 10.1. The van der Waals surface area contributed by atoms with Crippen LogP contribution in [0, 0.1) is 5.92 Å². The Bertz CT molecular complexity index is 1110. The molecule has 0 radical (unpaired) electrons. The van der Waals surface area contributed by atoms with E-state index in [1.54, 1.807) is 11.9 Å². The summed E-state index contributed by atoms with van der Waals surface area (Å²) in [6.07, 6.45) is 5.69. The van der Waals surface area contributed by atoms with Gasteiger partial charge in [-0.25, -0.2) is 14.6 Å². The number of amides is 4. The lowest BCUT2D eigenvalue weighted by Crippen LogP contribution is -2.60. The summed E-state index contributed by atoms with van der Waals surface area (Å²) in [5.41, 5.74) is 8.00. The van der Waals surface area contributed by atoms with E-state index in [0.29, 0.717) is 25.2 Å². The van der Waals surface area contributed by atoms with Crippen molar-refractivity contribution in [2.45, 2.75) is 76.0 Å². The average Bonchev–Trinajstić information content (AvgIpc) is 3.55. The van der Waals surface area contributed by atoms with Gasteiger partial charge < -0.3 is 31.0 Å². The third-order valence-electron chi connectivity index (χ3n) is 8.01. The number of nitrogens with one attached hydrogen (secondary N) is 3. The first kappa shape index (κ1) is 23.4. The predicted octanol–water partition coefficient (Wildman–Crippen LogP) is 2.67. The zero-order valence-electron chi connectivity index (χ0n) is 20.4. The Labute approximate surface area is 204 Å². The van der Waals surface area contributed by atoms with Crippen molar-refractivity contribution < 1.29 is 19.1 Å². The third-order valence-corrected chi connectivity index (χ3v) is 8.01. The van der Waals surface area contributed by atoms with Crippen LogP contribution in [0.5, 0.6) is 0 Å². The molecular formula is C25H34N6O4. The minimum absolute atomic E-state index is 0.0357. The van der Waals surface area contributed by atoms with Gasteiger partial charge >= 0.3 is 12.1 Å². The Balaban J connectivity index is 1.47. The van der Waals surface area contributed by atoms with E-state index in [1.165, 1.54) is 6.42 Å². The summed E-state index contributed by atoms with van der Waals surface area (Å²) in [7, 11) is 1.61. The Kier molecular flexibility index (Phi) is 6.06. The van der Waals surface area contributed by atoms with Crippen LogP contribution in [0.3, 0.4) is 0 Å². The first-order valence-corrected chi connectivity index (χ1v) is 12.6. The molecule has 1 aromatic carbocycles. The molecule has 2 aliphatic carbocycles. The SMILES string of the molecule is CC[C@@H]1CN(C2(C(=O)NC)Cc3cc4nc([C@@H](OC(N)=O)C5CCCCC5)[nH]c4cc3C2)C(=O)N1. The summed E-state index contributed by atoms with van der Waals surface area (Å²) in [5, 5.41) is 5.77. The first-order valence-electron chi connectivity index (χ1n) is 12.6. The van der Waals surface area contributed by atoms with Crippen molar-refractivity contribution in [3.63, 3.8) is 0 Å². The lowest BCUT2D eigenvalue weighted by molar-refractivity contribution is -0.130.